The van der Waals surface area contributed by atoms with Crippen LogP contribution in [0.25, 0.3) is 0 Å². The predicted molar refractivity (Wildman–Crippen MR) is 3.30 cm³/mol. The predicted octanol–water partition coefficient (Wildman–Crippen LogP) is 0.767. The van der Waals surface area contributed by atoms with E-state index in [0.717, 1.165) is 0 Å². The summed E-state index contributed by atoms with van der Waals surface area (Å²) in [5.74, 6) is 0. The Morgan fingerprint density at radius 1 is 1.20 bits per heavy atom. The number of halogens is 2. The molecule has 0 spiro atoms. The molecule has 0 amide bonds. The molecule has 0 radical (unpaired) electrons. The fourth-order valence-corrected chi connectivity index (χ4v) is 0. The van der Waals surface area contributed by atoms with Gasteiger partial charge in [-0.25, -0.2) is 0 Å². The molecule has 5 heteroatoms. The van der Waals surface area contributed by atoms with Crippen molar-refractivity contribution in [2.24, 2.45) is 0 Å². The molecule has 0 aromatic heterocycles. The second kappa shape index (κ2) is 19.8. The quantitative estimate of drug-likeness (QED) is 0.531. The third-order valence-electron chi connectivity index (χ3n) is 0. The van der Waals surface area contributed by atoms with Crippen LogP contribution in [0.2, 0.25) is 0 Å². The molecule has 1 nitrogen and oxygen atoms in total. The third-order valence-corrected chi connectivity index (χ3v) is 0. The Hall–Kier alpha value is 1.03. The van der Waals surface area contributed by atoms with Gasteiger partial charge in [0.25, 0.3) is 0 Å². The molecule has 0 aromatic carbocycles. The molecule has 0 N–H and O–H groups in total. The van der Waals surface area contributed by atoms with Gasteiger partial charge in [0.05, 0.1) is 0 Å². The standard InChI is InChI=1S/F2O.Fe.Mo/c1-3-2;;. The van der Waals surface area contributed by atoms with E-state index in [1.807, 2.05) is 0 Å². The molecule has 0 aliphatic rings. The minimum Gasteiger partial charge on any atom is -0.0104 e. The summed E-state index contributed by atoms with van der Waals surface area (Å²) in [5.41, 5.74) is 0. The van der Waals surface area contributed by atoms with Crippen molar-refractivity contribution < 1.29 is 52.3 Å². The first-order valence-corrected chi connectivity index (χ1v) is 0.309. The Bertz CT molecular complexity index is 9.61. The zero-order chi connectivity index (χ0) is 2.71. The van der Waals surface area contributed by atoms with Crippen molar-refractivity contribution in [1.82, 2.24) is 0 Å². The van der Waals surface area contributed by atoms with E-state index in [9.17, 15) is 0 Å². The zero-order valence-electron chi connectivity index (χ0n) is 1.93. The van der Waals surface area contributed by atoms with Crippen molar-refractivity contribution in [2.45, 2.75) is 0 Å². The van der Waals surface area contributed by atoms with E-state index in [0.29, 0.717) is 0 Å². The smallest absolute Gasteiger partial charge is 0.0104 e. The van der Waals surface area contributed by atoms with Crippen LogP contribution in [0.4, 0.5) is 9.05 Å². The first-order valence-electron chi connectivity index (χ1n) is 0.309. The molecular formula is F2FeMoO. The van der Waals surface area contributed by atoms with E-state index >= 15 is 0 Å². The molecule has 0 heterocycles. The first-order chi connectivity index (χ1) is 1.41. The van der Waals surface area contributed by atoms with Gasteiger partial charge in [-0.15, -0.1) is 0 Å². The molecule has 5 heavy (non-hydrogen) atoms. The maximum Gasteiger partial charge on any atom is 0.0209 e. The van der Waals surface area contributed by atoms with E-state index in [4.69, 9.17) is 9.05 Å². The zero-order valence-corrected chi connectivity index (χ0v) is 5.04. The van der Waals surface area contributed by atoms with Gasteiger partial charge in [-0.2, -0.15) is 0 Å². The second-order valence-corrected chi connectivity index (χ2v) is 0.0583. The average Bonchev–Trinajstić information content (AvgIpc) is 0.918. The largest absolute Gasteiger partial charge is 0.0209 e. The Kier molecular flexibility index (Phi) is 65.9. The van der Waals surface area contributed by atoms with Gasteiger partial charge in [0, 0.05) is 43.3 Å². The van der Waals surface area contributed by atoms with Crippen LogP contribution in [0.15, 0.2) is 0 Å². The summed E-state index contributed by atoms with van der Waals surface area (Å²) < 4.78 is 18.2. The SMILES string of the molecule is FOF.[Fe].[Mo]. The molecular weight excluding hydrogens is 206 g/mol. The Balaban J connectivity index is -0.0000000200. The number of hydrogen-bond donors (Lipinski definition) is 0. The van der Waals surface area contributed by atoms with Crippen LogP contribution in [0.3, 0.4) is 0 Å². The molecule has 0 bridgehead atoms. The molecule has 34 valence electrons. The van der Waals surface area contributed by atoms with E-state index < -0.39 is 0 Å². The second-order valence-electron chi connectivity index (χ2n) is 0.0583. The molecule has 0 unspecified atom stereocenters. The number of hydrogen-bond acceptors (Lipinski definition) is 1. The molecule has 0 saturated carbocycles. The molecule has 0 rings (SSSR count). The molecule has 0 aliphatic heterocycles. The van der Waals surface area contributed by atoms with Gasteiger partial charge in [0.15, 0.2) is 0 Å². The van der Waals surface area contributed by atoms with Crippen molar-refractivity contribution in [1.29, 1.82) is 0 Å². The minimum atomic E-state index is 0. The maximum absolute atomic E-state index is 9.12. The van der Waals surface area contributed by atoms with Crippen molar-refractivity contribution >= 4 is 0 Å². The van der Waals surface area contributed by atoms with Gasteiger partial charge in [-0.05, 0) is 9.05 Å². The topological polar surface area (TPSA) is 9.23 Å². The fourth-order valence-electron chi connectivity index (χ4n) is 0. The molecule has 0 atom stereocenters. The van der Waals surface area contributed by atoms with E-state index in [1.54, 1.807) is 0 Å². The molecule has 0 aromatic rings. The Morgan fingerprint density at radius 2 is 1.20 bits per heavy atom. The van der Waals surface area contributed by atoms with E-state index in [2.05, 4.69) is 0 Å². The van der Waals surface area contributed by atoms with Gasteiger partial charge >= 0.3 is 0 Å². The van der Waals surface area contributed by atoms with Crippen LogP contribution >= 0.6 is 0 Å². The van der Waals surface area contributed by atoms with Crippen LogP contribution in [-0.4, -0.2) is 0 Å². The van der Waals surface area contributed by atoms with Gasteiger partial charge < -0.3 is 0 Å². The van der Waals surface area contributed by atoms with Crippen molar-refractivity contribution in [3.63, 3.8) is 0 Å². The Morgan fingerprint density at radius 3 is 1.20 bits per heavy atom. The fraction of sp³-hybridized carbons (Fsp3) is 0. The van der Waals surface area contributed by atoms with Crippen molar-refractivity contribution in [3.8, 4) is 0 Å². The summed E-state index contributed by atoms with van der Waals surface area (Å²) in [5, 5.41) is 1.25. The van der Waals surface area contributed by atoms with Crippen LogP contribution < -0.4 is 0 Å². The molecule has 0 fully saturated rings. The molecule has 0 saturated heterocycles. The summed E-state index contributed by atoms with van der Waals surface area (Å²) in [6, 6.07) is 0. The van der Waals surface area contributed by atoms with E-state index in [1.165, 1.54) is 5.15 Å². The third kappa shape index (κ3) is 43.6. The number of rotatable bonds is 0. The van der Waals surface area contributed by atoms with Crippen molar-refractivity contribution in [2.75, 3.05) is 0 Å². The van der Waals surface area contributed by atoms with Crippen LogP contribution in [0.1, 0.15) is 0 Å². The monoisotopic (exact) mass is 208 g/mol. The van der Waals surface area contributed by atoms with Gasteiger partial charge in [-0.1, -0.05) is 0 Å². The maximum atomic E-state index is 9.12. The summed E-state index contributed by atoms with van der Waals surface area (Å²) in [7, 11) is 0. The van der Waals surface area contributed by atoms with Gasteiger partial charge in [-0.3, -0.25) is 0 Å². The van der Waals surface area contributed by atoms with Gasteiger partial charge in [0.2, 0.25) is 0 Å². The van der Waals surface area contributed by atoms with Crippen LogP contribution in [0, 0.1) is 0 Å². The van der Waals surface area contributed by atoms with Crippen LogP contribution in [0.5, 0.6) is 0 Å². The normalized spacial score (nSPS) is 3.60. The Labute approximate surface area is 52.6 Å². The average molecular weight is 206 g/mol. The first kappa shape index (κ1) is 16.6. The summed E-state index contributed by atoms with van der Waals surface area (Å²) in [6.07, 6.45) is 0. The van der Waals surface area contributed by atoms with Crippen molar-refractivity contribution in [3.05, 3.63) is 0 Å². The summed E-state index contributed by atoms with van der Waals surface area (Å²) >= 11 is 0. The summed E-state index contributed by atoms with van der Waals surface area (Å²) in [4.78, 5) is 0. The van der Waals surface area contributed by atoms with E-state index in [-0.39, 0.29) is 38.1 Å². The van der Waals surface area contributed by atoms with Gasteiger partial charge in [0.1, 0.15) is 0 Å². The summed E-state index contributed by atoms with van der Waals surface area (Å²) in [6.45, 7) is 0. The minimum absolute atomic E-state index is 0. The van der Waals surface area contributed by atoms with Crippen LogP contribution in [-0.2, 0) is 43.3 Å². The molecule has 0 aliphatic carbocycles.